The molecule has 0 aliphatic heterocycles. The van der Waals surface area contributed by atoms with E-state index < -0.39 is 17.7 Å². The molecule has 7 heteroatoms. The van der Waals surface area contributed by atoms with E-state index in [1.807, 2.05) is 6.92 Å². The Kier molecular flexibility index (Phi) is 13.0. The molecule has 6 nitrogen and oxygen atoms in total. The van der Waals surface area contributed by atoms with Gasteiger partial charge in [-0.25, -0.2) is 4.79 Å². The van der Waals surface area contributed by atoms with Gasteiger partial charge < -0.3 is 15.3 Å². The summed E-state index contributed by atoms with van der Waals surface area (Å²) >= 11 is 0.461. The van der Waals surface area contributed by atoms with Crippen LogP contribution in [-0.2, 0) is 4.79 Å². The van der Waals surface area contributed by atoms with E-state index in [2.05, 4.69) is 60.7 Å². The van der Waals surface area contributed by atoms with Crippen molar-refractivity contribution in [1.29, 1.82) is 10.5 Å². The van der Waals surface area contributed by atoms with Crippen molar-refractivity contribution in [2.75, 3.05) is 0 Å². The van der Waals surface area contributed by atoms with E-state index in [0.29, 0.717) is 21.4 Å². The van der Waals surface area contributed by atoms with Crippen molar-refractivity contribution in [3.05, 3.63) is 60.7 Å². The molecule has 2 rings (SSSR count). The zero-order valence-corrected chi connectivity index (χ0v) is 17.5. The summed E-state index contributed by atoms with van der Waals surface area (Å²) in [5.41, 5.74) is -1.89. The van der Waals surface area contributed by atoms with Gasteiger partial charge in [-0.05, 0) is 13.3 Å². The van der Waals surface area contributed by atoms with Gasteiger partial charge in [0.15, 0.2) is 6.29 Å². The number of hydrogen-bond donors (Lipinski definition) is 3. The van der Waals surface area contributed by atoms with Crippen LogP contribution in [0.1, 0.15) is 26.7 Å². The molecule has 0 heterocycles. The van der Waals surface area contributed by atoms with Crippen LogP contribution >= 0.6 is 0 Å². The Morgan fingerprint density at radius 2 is 1.39 bits per heavy atom. The number of aliphatic carboxylic acids is 1. The number of nitrogens with zero attached hydrogens (tertiary/aromatic N) is 2. The molecule has 28 heavy (non-hydrogen) atoms. The summed E-state index contributed by atoms with van der Waals surface area (Å²) in [4.78, 5) is 10.0. The van der Waals surface area contributed by atoms with Crippen LogP contribution in [0.5, 0.6) is 0 Å². The number of aliphatic hydroxyl groups is 2. The van der Waals surface area contributed by atoms with Gasteiger partial charge in [-0.15, -0.1) is 0 Å². The van der Waals surface area contributed by atoms with Crippen molar-refractivity contribution in [3.63, 3.8) is 0 Å². The number of hydrogen-bond acceptors (Lipinski definition) is 5. The first-order valence-corrected chi connectivity index (χ1v) is 10.2. The van der Waals surface area contributed by atoms with Crippen molar-refractivity contribution in [3.8, 4) is 12.1 Å². The van der Waals surface area contributed by atoms with Crippen LogP contribution in [0.3, 0.4) is 0 Å². The van der Waals surface area contributed by atoms with Crippen LogP contribution in [0.25, 0.3) is 0 Å². The number of nitriles is 2. The predicted molar refractivity (Wildman–Crippen MR) is 108 cm³/mol. The maximum absolute atomic E-state index is 10.0. The summed E-state index contributed by atoms with van der Waals surface area (Å²) in [6, 6.07) is 24.0. The van der Waals surface area contributed by atoms with Crippen LogP contribution in [-0.4, -0.2) is 42.5 Å². The molecule has 0 radical (unpaired) electrons. The first-order valence-electron chi connectivity index (χ1n) is 8.49. The van der Waals surface area contributed by atoms with Crippen molar-refractivity contribution in [1.82, 2.24) is 0 Å². The van der Waals surface area contributed by atoms with Gasteiger partial charge in [0.2, 0.25) is 5.41 Å². The third kappa shape index (κ3) is 11.1. The van der Waals surface area contributed by atoms with Crippen molar-refractivity contribution < 1.29 is 20.1 Å². The summed E-state index contributed by atoms with van der Waals surface area (Å²) in [5.74, 6) is -1.41. The molecule has 0 aromatic heterocycles. The topological polar surface area (TPSA) is 125 Å². The van der Waals surface area contributed by atoms with E-state index in [1.165, 1.54) is 21.1 Å². The first kappa shape index (κ1) is 25.3. The molecule has 0 atom stereocenters. The molecule has 0 spiro atoms. The number of rotatable bonds is 5. The van der Waals surface area contributed by atoms with Gasteiger partial charge in [0, 0.05) is 0 Å². The molecule has 0 fully saturated rings. The standard InChI is InChI=1S/C12H10Se.C5H4N2O2.C4H10O2/c1-3-7-11(8-4-1)13-12-9-5-2-6-10-12;1-5(2-6,3-7)4(8)9;1-2-3-4(5)6/h1-10H;1H3,(H,8,9);4-6H,2-3H2,1H3. The summed E-state index contributed by atoms with van der Waals surface area (Å²) < 4.78 is 2.86. The molecule has 2 aromatic carbocycles. The Labute approximate surface area is 171 Å². The van der Waals surface area contributed by atoms with Gasteiger partial charge in [0.1, 0.15) is 0 Å². The second kappa shape index (κ2) is 14.4. The van der Waals surface area contributed by atoms with Gasteiger partial charge in [-0.2, -0.15) is 10.5 Å². The van der Waals surface area contributed by atoms with E-state index in [0.717, 1.165) is 13.3 Å². The van der Waals surface area contributed by atoms with E-state index in [1.54, 1.807) is 0 Å². The maximum atomic E-state index is 10.0. The minimum absolute atomic E-state index is 0.461. The van der Waals surface area contributed by atoms with Gasteiger partial charge >= 0.3 is 90.5 Å². The predicted octanol–water partition coefficient (Wildman–Crippen LogP) is 1.56. The second-order valence-corrected chi connectivity index (χ2v) is 8.06. The minimum atomic E-state index is -1.89. The molecular formula is C21H24N2O4Se. The molecule has 0 saturated heterocycles. The summed E-state index contributed by atoms with van der Waals surface area (Å²) in [6.45, 7) is 2.95. The van der Waals surface area contributed by atoms with E-state index in [4.69, 9.17) is 25.8 Å². The van der Waals surface area contributed by atoms with Gasteiger partial charge in [-0.1, -0.05) is 13.3 Å². The quantitative estimate of drug-likeness (QED) is 0.472. The van der Waals surface area contributed by atoms with Gasteiger partial charge in [0.25, 0.3) is 0 Å². The summed E-state index contributed by atoms with van der Waals surface area (Å²) in [5, 5.41) is 40.6. The molecule has 0 amide bonds. The Hall–Kier alpha value is -2.67. The van der Waals surface area contributed by atoms with Crippen LogP contribution < -0.4 is 8.92 Å². The number of benzene rings is 2. The third-order valence-electron chi connectivity index (χ3n) is 3.14. The zero-order valence-electron chi connectivity index (χ0n) is 15.8. The molecule has 0 unspecified atom stereocenters. The summed E-state index contributed by atoms with van der Waals surface area (Å²) in [7, 11) is 0. The second-order valence-electron chi connectivity index (χ2n) is 5.65. The zero-order chi connectivity index (χ0) is 21.4. The van der Waals surface area contributed by atoms with Crippen molar-refractivity contribution >= 4 is 29.8 Å². The van der Waals surface area contributed by atoms with Crippen LogP contribution in [0.2, 0.25) is 0 Å². The summed E-state index contributed by atoms with van der Waals surface area (Å²) in [6.07, 6.45) is 0.215. The van der Waals surface area contributed by atoms with Crippen LogP contribution in [0.15, 0.2) is 60.7 Å². The third-order valence-corrected chi connectivity index (χ3v) is 5.28. The Morgan fingerprint density at radius 3 is 1.57 bits per heavy atom. The fourth-order valence-electron chi connectivity index (χ4n) is 1.49. The SMILES string of the molecule is CC(C#N)(C#N)C(=O)O.CCCC(O)O.c1ccc([Se]c2ccccc2)cc1. The Balaban J connectivity index is 0.000000427. The van der Waals surface area contributed by atoms with E-state index in [-0.39, 0.29) is 0 Å². The van der Waals surface area contributed by atoms with Crippen LogP contribution in [0, 0.1) is 28.1 Å². The van der Waals surface area contributed by atoms with Crippen molar-refractivity contribution in [2.24, 2.45) is 5.41 Å². The average Bonchev–Trinajstić information content (AvgIpc) is 2.69. The monoisotopic (exact) mass is 448 g/mol. The Bertz CT molecular complexity index is 717. The number of aliphatic hydroxyl groups excluding tert-OH is 1. The number of carbonyl (C=O) groups is 1. The van der Waals surface area contributed by atoms with Crippen LogP contribution in [0.4, 0.5) is 0 Å². The van der Waals surface area contributed by atoms with E-state index >= 15 is 0 Å². The van der Waals surface area contributed by atoms with Gasteiger partial charge in [-0.3, -0.25) is 0 Å². The van der Waals surface area contributed by atoms with Gasteiger partial charge in [0.05, 0.1) is 12.1 Å². The van der Waals surface area contributed by atoms with E-state index in [9.17, 15) is 4.79 Å². The fourth-order valence-corrected chi connectivity index (χ4v) is 3.29. The fraction of sp³-hybridized carbons (Fsp3) is 0.286. The molecule has 0 aliphatic rings. The molecule has 0 bridgehead atoms. The van der Waals surface area contributed by atoms with Crippen molar-refractivity contribution in [2.45, 2.75) is 33.0 Å². The average molecular weight is 447 g/mol. The number of carboxylic acid groups (broad SMARTS) is 1. The molecule has 0 saturated carbocycles. The molecular weight excluding hydrogens is 423 g/mol. The first-order chi connectivity index (χ1) is 13.3. The molecule has 148 valence electrons. The molecule has 2 aromatic rings. The Morgan fingerprint density at radius 1 is 1.00 bits per heavy atom. The molecule has 0 aliphatic carbocycles. The normalized spacial score (nSPS) is 9.68. The molecule has 3 N–H and O–H groups in total. The number of carboxylic acids is 1.